The largest absolute Gasteiger partial charge is 0.299 e. The highest BCUT2D eigenvalue weighted by Gasteiger charge is 2.17. The molecule has 0 atom stereocenters. The lowest BCUT2D eigenvalue weighted by Crippen LogP contribution is -2.27. The first-order chi connectivity index (χ1) is 9.18. The highest BCUT2D eigenvalue weighted by molar-refractivity contribution is 9.10. The first kappa shape index (κ1) is 14.5. The Labute approximate surface area is 122 Å². The van der Waals surface area contributed by atoms with Gasteiger partial charge in [0.1, 0.15) is 0 Å². The molecule has 19 heavy (non-hydrogen) atoms. The van der Waals surface area contributed by atoms with E-state index in [9.17, 15) is 10.1 Å². The number of likely N-dealkylation sites (tertiary alicyclic amines) is 1. The van der Waals surface area contributed by atoms with E-state index in [1.54, 1.807) is 12.1 Å². The van der Waals surface area contributed by atoms with Crippen LogP contribution in [-0.2, 0) is 6.54 Å². The van der Waals surface area contributed by atoms with Crippen LogP contribution in [0.3, 0.4) is 0 Å². The highest BCUT2D eigenvalue weighted by atomic mass is 79.9. The number of benzene rings is 1. The van der Waals surface area contributed by atoms with Gasteiger partial charge in [0.15, 0.2) is 0 Å². The molecule has 2 rings (SSSR count). The van der Waals surface area contributed by atoms with Crippen LogP contribution >= 0.6 is 15.9 Å². The predicted molar refractivity (Wildman–Crippen MR) is 79.2 cm³/mol. The van der Waals surface area contributed by atoms with Crippen LogP contribution in [0.4, 0.5) is 5.69 Å². The number of nitro groups is 1. The van der Waals surface area contributed by atoms with Gasteiger partial charge in [0.25, 0.3) is 5.69 Å². The van der Waals surface area contributed by atoms with E-state index in [-0.39, 0.29) is 10.6 Å². The molecule has 0 aromatic heterocycles. The van der Waals surface area contributed by atoms with E-state index >= 15 is 0 Å². The Hall–Kier alpha value is -0.940. The molecule has 1 heterocycles. The zero-order valence-electron chi connectivity index (χ0n) is 11.0. The summed E-state index contributed by atoms with van der Waals surface area (Å²) in [5.41, 5.74) is 1.17. The second kappa shape index (κ2) is 7.01. The van der Waals surface area contributed by atoms with Crippen molar-refractivity contribution in [3.63, 3.8) is 0 Å². The monoisotopic (exact) mass is 326 g/mol. The van der Waals surface area contributed by atoms with Crippen LogP contribution in [0.2, 0.25) is 0 Å². The molecular formula is C14H19BrN2O2. The molecule has 1 aromatic carbocycles. The van der Waals surface area contributed by atoms with Gasteiger partial charge < -0.3 is 0 Å². The van der Waals surface area contributed by atoms with Gasteiger partial charge >= 0.3 is 0 Å². The molecule has 0 radical (unpaired) electrons. The van der Waals surface area contributed by atoms with Gasteiger partial charge in [0.05, 0.1) is 9.40 Å². The molecule has 0 aliphatic carbocycles. The third kappa shape index (κ3) is 4.01. The second-order valence-corrected chi connectivity index (χ2v) is 5.84. The third-order valence-corrected chi connectivity index (χ3v) is 4.51. The minimum Gasteiger partial charge on any atom is -0.299 e. The van der Waals surface area contributed by atoms with Crippen LogP contribution in [0.5, 0.6) is 0 Å². The summed E-state index contributed by atoms with van der Waals surface area (Å²) in [5, 5.41) is 10.9. The summed E-state index contributed by atoms with van der Waals surface area (Å²) in [6.07, 6.45) is 6.40. The Morgan fingerprint density at radius 2 is 1.79 bits per heavy atom. The average Bonchev–Trinajstić information content (AvgIpc) is 2.34. The van der Waals surface area contributed by atoms with E-state index in [2.05, 4.69) is 20.8 Å². The van der Waals surface area contributed by atoms with Crippen LogP contribution in [0.15, 0.2) is 22.7 Å². The molecule has 0 amide bonds. The molecule has 0 saturated carbocycles. The maximum absolute atomic E-state index is 10.9. The molecule has 4 nitrogen and oxygen atoms in total. The van der Waals surface area contributed by atoms with Crippen molar-refractivity contribution >= 4 is 21.6 Å². The third-order valence-electron chi connectivity index (χ3n) is 3.60. The van der Waals surface area contributed by atoms with Crippen molar-refractivity contribution < 1.29 is 4.92 Å². The predicted octanol–water partition coefficient (Wildman–Crippen LogP) is 4.12. The summed E-state index contributed by atoms with van der Waals surface area (Å²) in [7, 11) is 0. The Bertz CT molecular complexity index is 443. The number of nitrogens with zero attached hydrogens (tertiary/aromatic N) is 2. The molecular weight excluding hydrogens is 308 g/mol. The van der Waals surface area contributed by atoms with E-state index in [0.717, 1.165) is 25.2 Å². The van der Waals surface area contributed by atoms with Crippen molar-refractivity contribution in [2.45, 2.75) is 38.6 Å². The van der Waals surface area contributed by atoms with Gasteiger partial charge in [-0.05, 0) is 47.4 Å². The molecule has 0 unspecified atom stereocenters. The van der Waals surface area contributed by atoms with Crippen molar-refractivity contribution in [1.82, 2.24) is 4.90 Å². The average molecular weight is 327 g/mol. The number of hydrogen-bond acceptors (Lipinski definition) is 3. The molecule has 1 aliphatic heterocycles. The normalized spacial score (nSPS) is 17.7. The Balaban J connectivity index is 2.09. The minimum atomic E-state index is -0.332. The Morgan fingerprint density at radius 3 is 2.42 bits per heavy atom. The lowest BCUT2D eigenvalue weighted by atomic mass is 10.1. The first-order valence-electron chi connectivity index (χ1n) is 6.82. The Kier molecular flexibility index (Phi) is 5.34. The fourth-order valence-electron chi connectivity index (χ4n) is 2.54. The van der Waals surface area contributed by atoms with Gasteiger partial charge in [-0.2, -0.15) is 0 Å². The summed E-state index contributed by atoms with van der Waals surface area (Å²) >= 11 is 3.38. The van der Waals surface area contributed by atoms with Crippen LogP contribution in [0.25, 0.3) is 0 Å². The van der Waals surface area contributed by atoms with Gasteiger partial charge in [-0.1, -0.05) is 31.4 Å². The number of halogens is 1. The van der Waals surface area contributed by atoms with Gasteiger partial charge in [-0.3, -0.25) is 15.0 Å². The lowest BCUT2D eigenvalue weighted by Gasteiger charge is -2.24. The molecule has 104 valence electrons. The van der Waals surface area contributed by atoms with Crippen molar-refractivity contribution in [2.24, 2.45) is 0 Å². The van der Waals surface area contributed by atoms with Crippen LogP contribution in [0.1, 0.15) is 37.7 Å². The molecule has 1 saturated heterocycles. The number of hydrogen-bond donors (Lipinski definition) is 0. The highest BCUT2D eigenvalue weighted by Crippen LogP contribution is 2.29. The Morgan fingerprint density at radius 1 is 1.16 bits per heavy atom. The van der Waals surface area contributed by atoms with E-state index in [4.69, 9.17) is 0 Å². The maximum Gasteiger partial charge on any atom is 0.283 e. The first-order valence-corrected chi connectivity index (χ1v) is 7.62. The summed E-state index contributed by atoms with van der Waals surface area (Å²) in [5.74, 6) is 0. The van der Waals surface area contributed by atoms with Crippen LogP contribution < -0.4 is 0 Å². The standard InChI is InChI=1S/C14H19BrN2O2/c15-14-12(7-6-8-13(14)17(18)19)11-16-9-4-2-1-3-5-10-16/h6-8H,1-5,9-11H2. The van der Waals surface area contributed by atoms with E-state index in [1.165, 1.54) is 32.1 Å². The summed E-state index contributed by atoms with van der Waals surface area (Å²) < 4.78 is 0.627. The van der Waals surface area contributed by atoms with Gasteiger partial charge in [-0.25, -0.2) is 0 Å². The van der Waals surface area contributed by atoms with Crippen LogP contribution in [0, 0.1) is 10.1 Å². The molecule has 0 N–H and O–H groups in total. The number of rotatable bonds is 3. The molecule has 1 fully saturated rings. The van der Waals surface area contributed by atoms with Gasteiger partial charge in [0, 0.05) is 12.6 Å². The summed E-state index contributed by atoms with van der Waals surface area (Å²) in [6.45, 7) is 2.98. The summed E-state index contributed by atoms with van der Waals surface area (Å²) in [6, 6.07) is 5.28. The zero-order chi connectivity index (χ0) is 13.7. The lowest BCUT2D eigenvalue weighted by molar-refractivity contribution is -0.385. The van der Waals surface area contributed by atoms with Crippen molar-refractivity contribution in [1.29, 1.82) is 0 Å². The minimum absolute atomic E-state index is 0.157. The van der Waals surface area contributed by atoms with Crippen molar-refractivity contribution in [3.8, 4) is 0 Å². The number of nitro benzene ring substituents is 1. The second-order valence-electron chi connectivity index (χ2n) is 5.05. The zero-order valence-corrected chi connectivity index (χ0v) is 12.6. The molecule has 0 spiro atoms. The maximum atomic E-state index is 10.9. The fraction of sp³-hybridized carbons (Fsp3) is 0.571. The smallest absolute Gasteiger partial charge is 0.283 e. The molecule has 5 heteroatoms. The molecule has 1 aromatic rings. The van der Waals surface area contributed by atoms with Crippen molar-refractivity contribution in [2.75, 3.05) is 13.1 Å². The van der Waals surface area contributed by atoms with E-state index in [0.29, 0.717) is 4.47 Å². The van der Waals surface area contributed by atoms with Crippen molar-refractivity contribution in [3.05, 3.63) is 38.3 Å². The van der Waals surface area contributed by atoms with Crippen LogP contribution in [-0.4, -0.2) is 22.9 Å². The SMILES string of the molecule is O=[N+]([O-])c1cccc(CN2CCCCCCC2)c1Br. The fourth-order valence-corrected chi connectivity index (χ4v) is 3.08. The molecule has 1 aliphatic rings. The van der Waals surface area contributed by atoms with Gasteiger partial charge in [0.2, 0.25) is 0 Å². The van der Waals surface area contributed by atoms with E-state index < -0.39 is 0 Å². The topological polar surface area (TPSA) is 46.4 Å². The quantitative estimate of drug-likeness (QED) is 0.620. The molecule has 0 bridgehead atoms. The van der Waals surface area contributed by atoms with Gasteiger partial charge in [-0.15, -0.1) is 0 Å². The van der Waals surface area contributed by atoms with E-state index in [1.807, 2.05) is 6.07 Å². The summed E-state index contributed by atoms with van der Waals surface area (Å²) in [4.78, 5) is 13.0.